The number of rotatable bonds is 6. The number of carbonyl (C=O) groups excluding carboxylic acids is 2. The Morgan fingerprint density at radius 3 is 2.29 bits per heavy atom. The summed E-state index contributed by atoms with van der Waals surface area (Å²) in [6.45, 7) is 6.57. The normalized spacial score (nSPS) is 11.2. The van der Waals surface area contributed by atoms with E-state index in [0.717, 1.165) is 17.8 Å². The number of anilines is 1. The number of hydrogen-bond acceptors (Lipinski definition) is 4. The summed E-state index contributed by atoms with van der Waals surface area (Å²) in [4.78, 5) is 26.4. The summed E-state index contributed by atoms with van der Waals surface area (Å²) >= 11 is 0. The van der Waals surface area contributed by atoms with Crippen LogP contribution in [0.5, 0.6) is 0 Å². The van der Waals surface area contributed by atoms with Gasteiger partial charge in [0.2, 0.25) is 0 Å². The number of carbonyl (C=O) groups is 2. The summed E-state index contributed by atoms with van der Waals surface area (Å²) < 4.78 is 5.22. The van der Waals surface area contributed by atoms with Crippen molar-refractivity contribution in [3.8, 4) is 0 Å². The van der Waals surface area contributed by atoms with E-state index in [2.05, 4.69) is 15.5 Å². The van der Waals surface area contributed by atoms with Crippen molar-refractivity contribution in [2.45, 2.75) is 39.5 Å². The molecule has 6 nitrogen and oxygen atoms in total. The van der Waals surface area contributed by atoms with Crippen LogP contribution >= 0.6 is 0 Å². The molecule has 0 aromatic heterocycles. The van der Waals surface area contributed by atoms with E-state index >= 15 is 0 Å². The number of nitrogens with one attached hydrogen (secondary N) is 2. The zero-order chi connectivity index (χ0) is 20.7. The first-order valence-electron chi connectivity index (χ1n) is 9.23. The standard InChI is InChI=1S/C22H29N3O3/c1-22(2,3)28-21(27)23-14-17-7-6-8-18(13-17)20(26)24-19-11-9-16(10-12-19)15-25(4)5/h6-13H,14-15H2,1-5H3,(H,23,27)(H,24,26). The third-order valence-corrected chi connectivity index (χ3v) is 3.74. The minimum atomic E-state index is -0.548. The predicted octanol–water partition coefficient (Wildman–Crippen LogP) is 4.03. The fourth-order valence-electron chi connectivity index (χ4n) is 2.57. The monoisotopic (exact) mass is 383 g/mol. The molecule has 2 N–H and O–H groups in total. The van der Waals surface area contributed by atoms with E-state index in [9.17, 15) is 9.59 Å². The molecule has 0 bridgehead atoms. The van der Waals surface area contributed by atoms with Crippen LogP contribution < -0.4 is 10.6 Å². The van der Waals surface area contributed by atoms with E-state index in [4.69, 9.17) is 4.74 Å². The smallest absolute Gasteiger partial charge is 0.407 e. The van der Waals surface area contributed by atoms with Crippen LogP contribution in [-0.4, -0.2) is 36.6 Å². The third kappa shape index (κ3) is 7.40. The van der Waals surface area contributed by atoms with Crippen LogP contribution in [0.2, 0.25) is 0 Å². The molecule has 2 amide bonds. The van der Waals surface area contributed by atoms with E-state index in [1.807, 2.05) is 65.2 Å². The Balaban J connectivity index is 1.95. The third-order valence-electron chi connectivity index (χ3n) is 3.74. The maximum atomic E-state index is 12.5. The minimum absolute atomic E-state index is 0.195. The van der Waals surface area contributed by atoms with Crippen molar-refractivity contribution in [3.63, 3.8) is 0 Å². The molecule has 150 valence electrons. The summed E-state index contributed by atoms with van der Waals surface area (Å²) in [5.74, 6) is -0.195. The molecule has 28 heavy (non-hydrogen) atoms. The first-order valence-corrected chi connectivity index (χ1v) is 9.23. The van der Waals surface area contributed by atoms with E-state index < -0.39 is 11.7 Å². The summed E-state index contributed by atoms with van der Waals surface area (Å²) in [7, 11) is 4.03. The second-order valence-corrected chi connectivity index (χ2v) is 7.94. The maximum Gasteiger partial charge on any atom is 0.407 e. The average Bonchev–Trinajstić information content (AvgIpc) is 2.60. The Morgan fingerprint density at radius 2 is 1.68 bits per heavy atom. The van der Waals surface area contributed by atoms with E-state index in [-0.39, 0.29) is 12.5 Å². The molecule has 0 aliphatic heterocycles. The van der Waals surface area contributed by atoms with Gasteiger partial charge in [0.1, 0.15) is 5.60 Å². The lowest BCUT2D eigenvalue weighted by Gasteiger charge is -2.19. The van der Waals surface area contributed by atoms with Gasteiger partial charge in [0.05, 0.1) is 0 Å². The summed E-state index contributed by atoms with van der Waals surface area (Å²) in [5, 5.41) is 5.59. The zero-order valence-corrected chi connectivity index (χ0v) is 17.2. The molecule has 0 spiro atoms. The SMILES string of the molecule is CN(C)Cc1ccc(NC(=O)c2cccc(CNC(=O)OC(C)(C)C)c2)cc1. The van der Waals surface area contributed by atoms with Gasteiger partial charge in [-0.3, -0.25) is 4.79 Å². The molecule has 0 saturated carbocycles. The highest BCUT2D eigenvalue weighted by Crippen LogP contribution is 2.14. The van der Waals surface area contributed by atoms with Crippen molar-refractivity contribution in [3.05, 3.63) is 65.2 Å². The average molecular weight is 383 g/mol. The first-order chi connectivity index (χ1) is 13.1. The van der Waals surface area contributed by atoms with Crippen LogP contribution in [0.3, 0.4) is 0 Å². The fraction of sp³-hybridized carbons (Fsp3) is 0.364. The van der Waals surface area contributed by atoms with Crippen molar-refractivity contribution >= 4 is 17.7 Å². The van der Waals surface area contributed by atoms with Crippen molar-refractivity contribution in [2.24, 2.45) is 0 Å². The van der Waals surface area contributed by atoms with Gasteiger partial charge in [0.15, 0.2) is 0 Å². The second kappa shape index (κ2) is 9.37. The van der Waals surface area contributed by atoms with Gasteiger partial charge < -0.3 is 20.3 Å². The summed E-state index contributed by atoms with van der Waals surface area (Å²) in [5.41, 5.74) is 2.72. The molecule has 2 aromatic rings. The molecule has 0 aliphatic rings. The number of alkyl carbamates (subject to hydrolysis) is 1. The van der Waals surface area contributed by atoms with Crippen molar-refractivity contribution in [1.29, 1.82) is 0 Å². The molecule has 6 heteroatoms. The van der Waals surface area contributed by atoms with Crippen LogP contribution in [0, 0.1) is 0 Å². The molecule has 0 unspecified atom stereocenters. The Labute approximate surface area is 166 Å². The molecule has 0 atom stereocenters. The maximum absolute atomic E-state index is 12.5. The zero-order valence-electron chi connectivity index (χ0n) is 17.2. The Morgan fingerprint density at radius 1 is 1.00 bits per heavy atom. The van der Waals surface area contributed by atoms with Crippen LogP contribution in [0.25, 0.3) is 0 Å². The summed E-state index contributed by atoms with van der Waals surface area (Å²) in [6.07, 6.45) is -0.486. The number of nitrogens with zero attached hydrogens (tertiary/aromatic N) is 1. The van der Waals surface area contributed by atoms with Gasteiger partial charge in [-0.15, -0.1) is 0 Å². The largest absolute Gasteiger partial charge is 0.444 e. The number of amides is 2. The number of hydrogen-bond donors (Lipinski definition) is 2. The van der Waals surface area contributed by atoms with Gasteiger partial charge in [-0.1, -0.05) is 24.3 Å². The highest BCUT2D eigenvalue weighted by atomic mass is 16.6. The Bertz CT molecular complexity index is 809. The lowest BCUT2D eigenvalue weighted by molar-refractivity contribution is 0.0523. The topological polar surface area (TPSA) is 70.7 Å². The van der Waals surface area contributed by atoms with E-state index in [1.165, 1.54) is 5.56 Å². The molecular weight excluding hydrogens is 354 g/mol. The van der Waals surface area contributed by atoms with Gasteiger partial charge in [-0.05, 0) is 70.3 Å². The molecule has 0 fully saturated rings. The number of ether oxygens (including phenoxy) is 1. The highest BCUT2D eigenvalue weighted by Gasteiger charge is 2.16. The molecule has 0 heterocycles. The van der Waals surface area contributed by atoms with Crippen LogP contribution in [-0.2, 0) is 17.8 Å². The quantitative estimate of drug-likeness (QED) is 0.790. The van der Waals surface area contributed by atoms with Gasteiger partial charge in [-0.2, -0.15) is 0 Å². The molecule has 2 rings (SSSR count). The van der Waals surface area contributed by atoms with Crippen LogP contribution in [0.15, 0.2) is 48.5 Å². The van der Waals surface area contributed by atoms with Crippen molar-refractivity contribution in [2.75, 3.05) is 19.4 Å². The molecule has 0 saturated heterocycles. The van der Waals surface area contributed by atoms with Crippen molar-refractivity contribution < 1.29 is 14.3 Å². The highest BCUT2D eigenvalue weighted by molar-refractivity contribution is 6.04. The molecule has 0 aliphatic carbocycles. The van der Waals surface area contributed by atoms with Gasteiger partial charge in [0, 0.05) is 24.3 Å². The van der Waals surface area contributed by atoms with Crippen LogP contribution in [0.4, 0.5) is 10.5 Å². The fourth-order valence-corrected chi connectivity index (χ4v) is 2.57. The number of benzene rings is 2. The lowest BCUT2D eigenvalue weighted by Crippen LogP contribution is -2.32. The Hall–Kier alpha value is -2.86. The molecular formula is C22H29N3O3. The lowest BCUT2D eigenvalue weighted by atomic mass is 10.1. The summed E-state index contributed by atoms with van der Waals surface area (Å²) in [6, 6.07) is 14.9. The van der Waals surface area contributed by atoms with E-state index in [1.54, 1.807) is 18.2 Å². The predicted molar refractivity (Wildman–Crippen MR) is 111 cm³/mol. The van der Waals surface area contributed by atoms with Gasteiger partial charge in [-0.25, -0.2) is 4.79 Å². The molecule has 0 radical (unpaired) electrons. The second-order valence-electron chi connectivity index (χ2n) is 7.94. The van der Waals surface area contributed by atoms with Gasteiger partial charge in [0.25, 0.3) is 5.91 Å². The minimum Gasteiger partial charge on any atom is -0.444 e. The van der Waals surface area contributed by atoms with Crippen molar-refractivity contribution in [1.82, 2.24) is 10.2 Å². The Kier molecular flexibility index (Phi) is 7.18. The van der Waals surface area contributed by atoms with Gasteiger partial charge >= 0.3 is 6.09 Å². The van der Waals surface area contributed by atoms with E-state index in [0.29, 0.717) is 5.56 Å². The first kappa shape index (κ1) is 21.4. The van der Waals surface area contributed by atoms with Crippen LogP contribution in [0.1, 0.15) is 42.3 Å². The molecule has 2 aromatic carbocycles.